The van der Waals surface area contributed by atoms with Crippen molar-refractivity contribution in [3.8, 4) is 0 Å². The number of hydrogen-bond donors (Lipinski definition) is 1. The third-order valence-electron chi connectivity index (χ3n) is 3.26. The van der Waals surface area contributed by atoms with Crippen molar-refractivity contribution >= 4 is 0 Å². The van der Waals surface area contributed by atoms with Crippen molar-refractivity contribution in [1.82, 2.24) is 10.2 Å². The van der Waals surface area contributed by atoms with E-state index in [9.17, 15) is 0 Å². The molecular formula is C13H20N2. The van der Waals surface area contributed by atoms with Gasteiger partial charge >= 0.3 is 0 Å². The van der Waals surface area contributed by atoms with Gasteiger partial charge in [-0.3, -0.25) is 4.90 Å². The Kier molecular flexibility index (Phi) is 3.39. The number of likely N-dealkylation sites (N-methyl/N-ethyl adjacent to an activating group) is 1. The second kappa shape index (κ2) is 4.77. The highest BCUT2D eigenvalue weighted by atomic mass is 15.1. The molecule has 0 aliphatic carbocycles. The predicted octanol–water partition coefficient (Wildman–Crippen LogP) is 1.78. The van der Waals surface area contributed by atoms with Crippen LogP contribution in [0.4, 0.5) is 0 Å². The second-order valence-electron chi connectivity index (χ2n) is 4.20. The lowest BCUT2D eigenvalue weighted by Crippen LogP contribution is -2.31. The van der Waals surface area contributed by atoms with Gasteiger partial charge in [0.05, 0.1) is 0 Å². The zero-order valence-electron chi connectivity index (χ0n) is 9.71. The van der Waals surface area contributed by atoms with Gasteiger partial charge in [-0.05, 0) is 36.7 Å². The molecule has 0 saturated heterocycles. The van der Waals surface area contributed by atoms with E-state index in [1.165, 1.54) is 18.5 Å². The van der Waals surface area contributed by atoms with Crippen LogP contribution in [0.3, 0.4) is 0 Å². The van der Waals surface area contributed by atoms with E-state index >= 15 is 0 Å². The molecule has 0 radical (unpaired) electrons. The van der Waals surface area contributed by atoms with Crippen molar-refractivity contribution in [2.24, 2.45) is 0 Å². The smallest absolute Gasteiger partial charge is 0.0239 e. The van der Waals surface area contributed by atoms with Crippen LogP contribution in [-0.2, 0) is 19.5 Å². The van der Waals surface area contributed by atoms with Crippen LogP contribution in [0.15, 0.2) is 18.2 Å². The summed E-state index contributed by atoms with van der Waals surface area (Å²) in [5, 5.41) is 3.25. The summed E-state index contributed by atoms with van der Waals surface area (Å²) in [4.78, 5) is 2.52. The average Bonchev–Trinajstić information content (AvgIpc) is 2.29. The van der Waals surface area contributed by atoms with Crippen LogP contribution < -0.4 is 5.32 Å². The van der Waals surface area contributed by atoms with E-state index in [-0.39, 0.29) is 0 Å². The van der Waals surface area contributed by atoms with Gasteiger partial charge in [-0.1, -0.05) is 25.1 Å². The molecule has 0 atom stereocenters. The van der Waals surface area contributed by atoms with Crippen LogP contribution >= 0.6 is 0 Å². The Hall–Kier alpha value is -0.860. The Morgan fingerprint density at radius 2 is 2.27 bits per heavy atom. The highest BCUT2D eigenvalue weighted by molar-refractivity contribution is 5.36. The van der Waals surface area contributed by atoms with Gasteiger partial charge in [0.1, 0.15) is 0 Å². The van der Waals surface area contributed by atoms with Gasteiger partial charge in [-0.15, -0.1) is 0 Å². The van der Waals surface area contributed by atoms with Crippen LogP contribution in [0, 0.1) is 0 Å². The van der Waals surface area contributed by atoms with Gasteiger partial charge < -0.3 is 5.32 Å². The van der Waals surface area contributed by atoms with Crippen molar-refractivity contribution < 1.29 is 0 Å². The quantitative estimate of drug-likeness (QED) is 0.807. The van der Waals surface area contributed by atoms with Crippen molar-refractivity contribution in [3.05, 3.63) is 34.9 Å². The SMILES string of the molecule is CCN1CCc2cccc(CNC)c2C1. The molecule has 1 aliphatic heterocycles. The molecule has 1 N–H and O–H groups in total. The van der Waals surface area contributed by atoms with E-state index in [0.717, 1.165) is 19.6 Å². The first kappa shape index (κ1) is 10.7. The summed E-state index contributed by atoms with van der Waals surface area (Å²) in [5.74, 6) is 0. The normalized spacial score (nSPS) is 16.4. The van der Waals surface area contributed by atoms with E-state index in [1.807, 2.05) is 7.05 Å². The van der Waals surface area contributed by atoms with Gasteiger partial charge in [-0.25, -0.2) is 0 Å². The molecule has 1 heterocycles. The highest BCUT2D eigenvalue weighted by Crippen LogP contribution is 2.22. The number of hydrogen-bond acceptors (Lipinski definition) is 2. The molecule has 2 nitrogen and oxygen atoms in total. The topological polar surface area (TPSA) is 15.3 Å². The standard InChI is InChI=1S/C13H20N2/c1-3-15-8-7-11-5-4-6-12(9-14-2)13(11)10-15/h4-6,14H,3,7-10H2,1-2H3. The second-order valence-corrected chi connectivity index (χ2v) is 4.20. The van der Waals surface area contributed by atoms with Crippen LogP contribution in [-0.4, -0.2) is 25.0 Å². The maximum Gasteiger partial charge on any atom is 0.0239 e. The number of rotatable bonds is 3. The first-order chi connectivity index (χ1) is 7.35. The molecule has 0 unspecified atom stereocenters. The summed E-state index contributed by atoms with van der Waals surface area (Å²) in [6.45, 7) is 6.73. The molecule has 1 aromatic carbocycles. The van der Waals surface area contributed by atoms with E-state index in [0.29, 0.717) is 0 Å². The largest absolute Gasteiger partial charge is 0.316 e. The lowest BCUT2D eigenvalue weighted by molar-refractivity contribution is 0.267. The maximum absolute atomic E-state index is 3.25. The lowest BCUT2D eigenvalue weighted by Gasteiger charge is -2.29. The molecule has 2 heteroatoms. The number of nitrogens with one attached hydrogen (secondary N) is 1. The molecule has 1 aromatic rings. The number of fused-ring (bicyclic) bond motifs is 1. The molecule has 0 saturated carbocycles. The molecule has 82 valence electrons. The summed E-state index contributed by atoms with van der Waals surface area (Å²) < 4.78 is 0. The first-order valence-corrected chi connectivity index (χ1v) is 5.81. The van der Waals surface area contributed by atoms with Crippen molar-refractivity contribution in [2.75, 3.05) is 20.1 Å². The fraction of sp³-hybridized carbons (Fsp3) is 0.538. The summed E-state index contributed by atoms with van der Waals surface area (Å²) in [6, 6.07) is 6.71. The minimum atomic E-state index is 0.987. The molecule has 0 aromatic heterocycles. The van der Waals surface area contributed by atoms with Gasteiger partial charge in [0, 0.05) is 19.6 Å². The van der Waals surface area contributed by atoms with Gasteiger partial charge in [-0.2, -0.15) is 0 Å². The molecule has 0 spiro atoms. The third kappa shape index (κ3) is 2.21. The third-order valence-corrected chi connectivity index (χ3v) is 3.26. The zero-order valence-corrected chi connectivity index (χ0v) is 9.71. The van der Waals surface area contributed by atoms with Crippen LogP contribution in [0.5, 0.6) is 0 Å². The van der Waals surface area contributed by atoms with E-state index in [2.05, 4.69) is 35.3 Å². The lowest BCUT2D eigenvalue weighted by atomic mass is 9.95. The summed E-state index contributed by atoms with van der Waals surface area (Å²) in [7, 11) is 2.01. The maximum atomic E-state index is 3.25. The number of nitrogens with zero attached hydrogens (tertiary/aromatic N) is 1. The Labute approximate surface area is 92.3 Å². The van der Waals surface area contributed by atoms with Crippen LogP contribution in [0.2, 0.25) is 0 Å². The highest BCUT2D eigenvalue weighted by Gasteiger charge is 2.16. The summed E-state index contributed by atoms with van der Waals surface area (Å²) in [5.41, 5.74) is 4.57. The molecule has 0 bridgehead atoms. The Balaban J connectivity index is 2.28. The molecular weight excluding hydrogens is 184 g/mol. The van der Waals surface area contributed by atoms with Gasteiger partial charge in [0.15, 0.2) is 0 Å². The molecule has 1 aliphatic rings. The number of benzene rings is 1. The van der Waals surface area contributed by atoms with Crippen molar-refractivity contribution in [1.29, 1.82) is 0 Å². The Morgan fingerprint density at radius 3 is 3.00 bits per heavy atom. The van der Waals surface area contributed by atoms with Gasteiger partial charge in [0.25, 0.3) is 0 Å². The monoisotopic (exact) mass is 204 g/mol. The summed E-state index contributed by atoms with van der Waals surface area (Å²) in [6.07, 6.45) is 1.21. The van der Waals surface area contributed by atoms with E-state index in [4.69, 9.17) is 0 Å². The average molecular weight is 204 g/mol. The fourth-order valence-corrected chi connectivity index (χ4v) is 2.33. The predicted molar refractivity (Wildman–Crippen MR) is 63.9 cm³/mol. The Morgan fingerprint density at radius 1 is 1.40 bits per heavy atom. The Bertz CT molecular complexity index is 333. The first-order valence-electron chi connectivity index (χ1n) is 5.81. The van der Waals surface area contributed by atoms with E-state index in [1.54, 1.807) is 11.1 Å². The van der Waals surface area contributed by atoms with Crippen LogP contribution in [0.25, 0.3) is 0 Å². The van der Waals surface area contributed by atoms with Gasteiger partial charge in [0.2, 0.25) is 0 Å². The molecule has 0 fully saturated rings. The van der Waals surface area contributed by atoms with E-state index < -0.39 is 0 Å². The molecule has 15 heavy (non-hydrogen) atoms. The van der Waals surface area contributed by atoms with Crippen molar-refractivity contribution in [3.63, 3.8) is 0 Å². The molecule has 0 amide bonds. The zero-order chi connectivity index (χ0) is 10.7. The fourth-order valence-electron chi connectivity index (χ4n) is 2.33. The minimum absolute atomic E-state index is 0.987. The van der Waals surface area contributed by atoms with Crippen molar-refractivity contribution in [2.45, 2.75) is 26.4 Å². The minimum Gasteiger partial charge on any atom is -0.316 e. The van der Waals surface area contributed by atoms with Crippen LogP contribution in [0.1, 0.15) is 23.6 Å². The summed E-state index contributed by atoms with van der Waals surface area (Å²) >= 11 is 0. The molecule has 2 rings (SSSR count).